The highest BCUT2D eigenvalue weighted by Crippen LogP contribution is 2.16. The van der Waals surface area contributed by atoms with Crippen LogP contribution in [-0.4, -0.2) is 11.9 Å². The summed E-state index contributed by atoms with van der Waals surface area (Å²) < 4.78 is 6.61. The van der Waals surface area contributed by atoms with Crippen molar-refractivity contribution < 1.29 is 4.74 Å². The summed E-state index contributed by atoms with van der Waals surface area (Å²) in [6, 6.07) is 7.91. The monoisotopic (exact) mass is 306 g/mol. The number of hydrogen-bond acceptors (Lipinski definition) is 1. The highest BCUT2D eigenvalue weighted by atomic mass is 79.9. The summed E-state index contributed by atoms with van der Waals surface area (Å²) in [6.45, 7) is 0.799. The van der Waals surface area contributed by atoms with E-state index in [-0.39, 0.29) is 0 Å². The van der Waals surface area contributed by atoms with Gasteiger partial charge in [-0.2, -0.15) is 0 Å². The van der Waals surface area contributed by atoms with Crippen LogP contribution in [0.3, 0.4) is 0 Å². The molecule has 0 saturated heterocycles. The number of unbranched alkanes of at least 4 members (excludes halogenated alkanes) is 1. The third-order valence-corrected chi connectivity index (χ3v) is 2.70. The Balaban J connectivity index is 2.25. The molecule has 0 aromatic heterocycles. The van der Waals surface area contributed by atoms with E-state index in [0.29, 0.717) is 0 Å². The van der Waals surface area contributed by atoms with Crippen LogP contribution in [0.15, 0.2) is 28.7 Å². The maximum Gasteiger partial charge on any atom is 0.119 e. The zero-order valence-corrected chi connectivity index (χ0v) is 10.5. The molecule has 0 spiro atoms. The lowest BCUT2D eigenvalue weighted by Gasteiger charge is -2.04. The van der Waals surface area contributed by atoms with Gasteiger partial charge in [-0.1, -0.05) is 31.9 Å². The van der Waals surface area contributed by atoms with Gasteiger partial charge in [0.05, 0.1) is 6.61 Å². The van der Waals surface area contributed by atoms with Gasteiger partial charge in [-0.25, -0.2) is 0 Å². The van der Waals surface area contributed by atoms with Crippen LogP contribution in [0.1, 0.15) is 12.8 Å². The van der Waals surface area contributed by atoms with Gasteiger partial charge in [0, 0.05) is 9.80 Å². The predicted molar refractivity (Wildman–Crippen MR) is 62.7 cm³/mol. The van der Waals surface area contributed by atoms with Gasteiger partial charge < -0.3 is 4.74 Å². The lowest BCUT2D eigenvalue weighted by Crippen LogP contribution is -1.96. The Hall–Kier alpha value is -0.0200. The quantitative estimate of drug-likeness (QED) is 0.590. The zero-order valence-electron chi connectivity index (χ0n) is 7.30. The van der Waals surface area contributed by atoms with E-state index < -0.39 is 0 Å². The average molecular weight is 308 g/mol. The first kappa shape index (κ1) is 11.1. The Bertz CT molecular complexity index is 233. The summed E-state index contributed by atoms with van der Waals surface area (Å²) in [4.78, 5) is 0. The average Bonchev–Trinajstić information content (AvgIpc) is 2.15. The fourth-order valence-corrected chi connectivity index (χ4v) is 1.58. The van der Waals surface area contributed by atoms with Crippen molar-refractivity contribution in [2.24, 2.45) is 0 Å². The Morgan fingerprint density at radius 1 is 1.08 bits per heavy atom. The molecule has 0 amide bonds. The molecule has 0 fully saturated rings. The van der Waals surface area contributed by atoms with E-state index in [1.54, 1.807) is 0 Å². The second kappa shape index (κ2) is 6.44. The van der Waals surface area contributed by atoms with E-state index in [0.717, 1.165) is 35.0 Å². The summed E-state index contributed by atoms with van der Waals surface area (Å²) in [5, 5.41) is 1.05. The fraction of sp³-hybridized carbons (Fsp3) is 0.400. The molecule has 0 N–H and O–H groups in total. The predicted octanol–water partition coefficient (Wildman–Crippen LogP) is 4.00. The van der Waals surface area contributed by atoms with Crippen molar-refractivity contribution in [2.45, 2.75) is 12.8 Å². The highest BCUT2D eigenvalue weighted by molar-refractivity contribution is 9.10. The van der Waals surface area contributed by atoms with E-state index in [9.17, 15) is 0 Å². The topological polar surface area (TPSA) is 9.23 Å². The Kier molecular flexibility index (Phi) is 5.47. The smallest absolute Gasteiger partial charge is 0.119 e. The number of benzene rings is 1. The maximum absolute atomic E-state index is 5.52. The van der Waals surface area contributed by atoms with E-state index in [1.165, 1.54) is 0 Å². The lowest BCUT2D eigenvalue weighted by atomic mass is 10.3. The van der Waals surface area contributed by atoms with Crippen molar-refractivity contribution in [3.63, 3.8) is 0 Å². The van der Waals surface area contributed by atoms with Crippen LogP contribution in [-0.2, 0) is 0 Å². The van der Waals surface area contributed by atoms with E-state index >= 15 is 0 Å². The molecule has 3 heteroatoms. The standard InChI is InChI=1S/C10H12Br2O/c11-7-1-2-8-13-10-5-3-9(12)4-6-10/h3-6H,1-2,7-8H2. The summed E-state index contributed by atoms with van der Waals surface area (Å²) in [6.07, 6.45) is 2.26. The third-order valence-electron chi connectivity index (χ3n) is 1.61. The van der Waals surface area contributed by atoms with Crippen LogP contribution in [0.4, 0.5) is 0 Å². The maximum atomic E-state index is 5.52. The number of rotatable bonds is 5. The summed E-state index contributed by atoms with van der Waals surface area (Å²) in [5.41, 5.74) is 0. The molecule has 1 nitrogen and oxygen atoms in total. The van der Waals surface area contributed by atoms with Crippen LogP contribution in [0.5, 0.6) is 5.75 Å². The van der Waals surface area contributed by atoms with E-state index in [1.807, 2.05) is 24.3 Å². The number of hydrogen-bond donors (Lipinski definition) is 0. The Labute approximate surface area is 95.7 Å². The number of halogens is 2. The van der Waals surface area contributed by atoms with Crippen molar-refractivity contribution in [1.29, 1.82) is 0 Å². The molecule has 0 aliphatic carbocycles. The molecular formula is C10H12Br2O. The van der Waals surface area contributed by atoms with Crippen LogP contribution >= 0.6 is 31.9 Å². The highest BCUT2D eigenvalue weighted by Gasteiger charge is 1.92. The molecule has 0 bridgehead atoms. The van der Waals surface area contributed by atoms with Crippen LogP contribution in [0, 0.1) is 0 Å². The minimum atomic E-state index is 0.799. The largest absolute Gasteiger partial charge is 0.494 e. The first-order valence-electron chi connectivity index (χ1n) is 4.27. The molecule has 0 heterocycles. The van der Waals surface area contributed by atoms with Gasteiger partial charge in [-0.3, -0.25) is 0 Å². The van der Waals surface area contributed by atoms with Crippen LogP contribution in [0.2, 0.25) is 0 Å². The molecule has 72 valence electrons. The third kappa shape index (κ3) is 4.67. The normalized spacial score (nSPS) is 10.0. The molecule has 0 saturated carbocycles. The molecule has 0 aliphatic heterocycles. The molecule has 1 rings (SSSR count). The molecule has 0 aliphatic rings. The summed E-state index contributed by atoms with van der Waals surface area (Å²) >= 11 is 6.76. The second-order valence-electron chi connectivity index (χ2n) is 2.70. The molecule has 0 atom stereocenters. The van der Waals surface area contributed by atoms with Gasteiger partial charge in [-0.15, -0.1) is 0 Å². The van der Waals surface area contributed by atoms with Crippen molar-refractivity contribution in [3.05, 3.63) is 28.7 Å². The molecule has 1 aromatic rings. The summed E-state index contributed by atoms with van der Waals surface area (Å²) in [7, 11) is 0. The summed E-state index contributed by atoms with van der Waals surface area (Å²) in [5.74, 6) is 0.942. The lowest BCUT2D eigenvalue weighted by molar-refractivity contribution is 0.310. The van der Waals surface area contributed by atoms with Crippen molar-refractivity contribution in [1.82, 2.24) is 0 Å². The molecule has 1 aromatic carbocycles. The first-order valence-corrected chi connectivity index (χ1v) is 6.18. The van der Waals surface area contributed by atoms with Crippen molar-refractivity contribution in [2.75, 3.05) is 11.9 Å². The van der Waals surface area contributed by atoms with E-state index in [2.05, 4.69) is 31.9 Å². The van der Waals surface area contributed by atoms with Crippen LogP contribution < -0.4 is 4.74 Å². The molecule has 0 radical (unpaired) electrons. The van der Waals surface area contributed by atoms with Gasteiger partial charge in [0.1, 0.15) is 5.75 Å². The van der Waals surface area contributed by atoms with Gasteiger partial charge in [0.15, 0.2) is 0 Å². The molecule has 13 heavy (non-hydrogen) atoms. The van der Waals surface area contributed by atoms with Gasteiger partial charge in [-0.05, 0) is 37.1 Å². The Morgan fingerprint density at radius 3 is 2.38 bits per heavy atom. The second-order valence-corrected chi connectivity index (χ2v) is 4.41. The first-order chi connectivity index (χ1) is 6.33. The van der Waals surface area contributed by atoms with Gasteiger partial charge in [0.2, 0.25) is 0 Å². The Morgan fingerprint density at radius 2 is 1.77 bits per heavy atom. The molecule has 0 unspecified atom stereocenters. The van der Waals surface area contributed by atoms with Crippen molar-refractivity contribution in [3.8, 4) is 5.75 Å². The number of alkyl halides is 1. The fourth-order valence-electron chi connectivity index (χ4n) is 0.917. The van der Waals surface area contributed by atoms with Gasteiger partial charge in [0.25, 0.3) is 0 Å². The SMILES string of the molecule is BrCCCCOc1ccc(Br)cc1. The zero-order chi connectivity index (χ0) is 9.52. The minimum Gasteiger partial charge on any atom is -0.494 e. The number of ether oxygens (including phenoxy) is 1. The minimum absolute atomic E-state index is 0.799. The molecular weight excluding hydrogens is 296 g/mol. The van der Waals surface area contributed by atoms with E-state index in [4.69, 9.17) is 4.74 Å². The van der Waals surface area contributed by atoms with Crippen molar-refractivity contribution >= 4 is 31.9 Å². The van der Waals surface area contributed by atoms with Gasteiger partial charge >= 0.3 is 0 Å². The van der Waals surface area contributed by atoms with Crippen LogP contribution in [0.25, 0.3) is 0 Å².